The fourth-order valence-corrected chi connectivity index (χ4v) is 2.44. The molecule has 0 aliphatic rings. The lowest BCUT2D eigenvalue weighted by Crippen LogP contribution is -2.15. The molecule has 2 aromatic carbocycles. The number of phenolic OH excluding ortho intramolecular Hbond substituents is 1. The van der Waals surface area contributed by atoms with Crippen LogP contribution in [-0.2, 0) is 9.47 Å². The summed E-state index contributed by atoms with van der Waals surface area (Å²) in [6, 6.07) is 4.83. The predicted octanol–water partition coefficient (Wildman–Crippen LogP) is 2.53. The molecule has 2 aromatic rings. The number of rotatable bonds is 5. The van der Waals surface area contributed by atoms with Crippen LogP contribution in [0.4, 0.5) is 0 Å². The Morgan fingerprint density at radius 2 is 1.62 bits per heavy atom. The van der Waals surface area contributed by atoms with Crippen molar-refractivity contribution < 1.29 is 33.6 Å². The van der Waals surface area contributed by atoms with E-state index in [1.165, 1.54) is 14.2 Å². The van der Waals surface area contributed by atoms with Gasteiger partial charge in [0.05, 0.1) is 27.9 Å². The van der Waals surface area contributed by atoms with Gasteiger partial charge >= 0.3 is 11.9 Å². The molecule has 0 bridgehead atoms. The third-order valence-electron chi connectivity index (χ3n) is 3.51. The Bertz CT molecular complexity index is 795. The van der Waals surface area contributed by atoms with E-state index in [9.17, 15) is 14.7 Å². The number of methoxy groups -OCH3 is 3. The molecule has 24 heavy (non-hydrogen) atoms. The van der Waals surface area contributed by atoms with E-state index in [0.717, 1.165) is 7.11 Å². The van der Waals surface area contributed by atoms with Crippen LogP contribution < -0.4 is 9.47 Å². The molecule has 0 aromatic heterocycles. The van der Waals surface area contributed by atoms with Gasteiger partial charge in [-0.2, -0.15) is 0 Å². The van der Waals surface area contributed by atoms with Crippen LogP contribution in [0.1, 0.15) is 27.6 Å². The lowest BCUT2D eigenvalue weighted by Gasteiger charge is -2.17. The number of aromatic hydroxyl groups is 1. The van der Waals surface area contributed by atoms with Gasteiger partial charge in [0, 0.05) is 10.8 Å². The van der Waals surface area contributed by atoms with Crippen LogP contribution >= 0.6 is 0 Å². The molecule has 7 nitrogen and oxygen atoms in total. The highest BCUT2D eigenvalue weighted by molar-refractivity contribution is 6.14. The SMILES string of the molecule is CCOc1c(C(=O)OC)c(C(=O)OC)c(O)c2cc(OC)ccc12. The zero-order chi connectivity index (χ0) is 17.9. The van der Waals surface area contributed by atoms with E-state index in [1.54, 1.807) is 25.1 Å². The largest absolute Gasteiger partial charge is 0.506 e. The molecule has 0 unspecified atom stereocenters. The highest BCUT2D eigenvalue weighted by atomic mass is 16.5. The number of ether oxygens (including phenoxy) is 4. The van der Waals surface area contributed by atoms with Crippen LogP contribution in [0.25, 0.3) is 10.8 Å². The van der Waals surface area contributed by atoms with E-state index >= 15 is 0 Å². The Kier molecular flexibility index (Phi) is 5.13. The molecule has 0 fully saturated rings. The Morgan fingerprint density at radius 3 is 2.17 bits per heavy atom. The molecule has 0 spiro atoms. The normalized spacial score (nSPS) is 10.3. The minimum atomic E-state index is -0.876. The third-order valence-corrected chi connectivity index (χ3v) is 3.51. The molecule has 0 atom stereocenters. The highest BCUT2D eigenvalue weighted by Crippen LogP contribution is 2.42. The van der Waals surface area contributed by atoms with Crippen molar-refractivity contribution in [3.8, 4) is 17.2 Å². The van der Waals surface area contributed by atoms with Crippen molar-refractivity contribution in [3.63, 3.8) is 0 Å². The first-order valence-electron chi connectivity index (χ1n) is 7.16. The van der Waals surface area contributed by atoms with Crippen LogP contribution in [0.3, 0.4) is 0 Å². The molecule has 7 heteroatoms. The molecule has 1 N–H and O–H groups in total. The van der Waals surface area contributed by atoms with Gasteiger partial charge in [0.1, 0.15) is 28.4 Å². The summed E-state index contributed by atoms with van der Waals surface area (Å²) in [5.41, 5.74) is -0.491. The highest BCUT2D eigenvalue weighted by Gasteiger charge is 2.30. The topological polar surface area (TPSA) is 91.3 Å². The van der Waals surface area contributed by atoms with Gasteiger partial charge in [-0.1, -0.05) is 0 Å². The molecular formula is C17H18O7. The van der Waals surface area contributed by atoms with Crippen molar-refractivity contribution in [2.24, 2.45) is 0 Å². The minimum absolute atomic E-state index is 0.139. The second-order valence-electron chi connectivity index (χ2n) is 4.76. The summed E-state index contributed by atoms with van der Waals surface area (Å²) in [5, 5.41) is 11.3. The zero-order valence-electron chi connectivity index (χ0n) is 13.8. The van der Waals surface area contributed by atoms with Crippen LogP contribution in [0.5, 0.6) is 17.2 Å². The Balaban J connectivity index is 3.00. The van der Waals surface area contributed by atoms with E-state index in [-0.39, 0.29) is 23.5 Å². The van der Waals surface area contributed by atoms with E-state index < -0.39 is 17.7 Å². The van der Waals surface area contributed by atoms with Crippen LogP contribution in [0.15, 0.2) is 18.2 Å². The first-order valence-corrected chi connectivity index (χ1v) is 7.16. The van der Waals surface area contributed by atoms with Crippen LogP contribution in [0, 0.1) is 0 Å². The summed E-state index contributed by atoms with van der Waals surface area (Å²) in [4.78, 5) is 24.4. The maximum absolute atomic E-state index is 12.2. The molecule has 0 heterocycles. The molecule has 0 saturated carbocycles. The fraction of sp³-hybridized carbons (Fsp3) is 0.294. The van der Waals surface area contributed by atoms with Gasteiger partial charge in [0.2, 0.25) is 0 Å². The maximum atomic E-state index is 12.2. The van der Waals surface area contributed by atoms with Crippen molar-refractivity contribution in [1.82, 2.24) is 0 Å². The second-order valence-corrected chi connectivity index (χ2v) is 4.76. The first kappa shape index (κ1) is 17.4. The predicted molar refractivity (Wildman–Crippen MR) is 86.0 cm³/mol. The van der Waals surface area contributed by atoms with Crippen LogP contribution in [-0.4, -0.2) is 45.0 Å². The Labute approximate surface area is 138 Å². The van der Waals surface area contributed by atoms with E-state index in [4.69, 9.17) is 18.9 Å². The summed E-state index contributed by atoms with van der Waals surface area (Å²) in [6.45, 7) is 1.98. The van der Waals surface area contributed by atoms with Gasteiger partial charge in [-0.05, 0) is 25.1 Å². The van der Waals surface area contributed by atoms with Gasteiger partial charge in [-0.25, -0.2) is 9.59 Å². The number of hydrogen-bond acceptors (Lipinski definition) is 7. The zero-order valence-corrected chi connectivity index (χ0v) is 13.8. The molecule has 0 aliphatic heterocycles. The lowest BCUT2D eigenvalue weighted by atomic mass is 9.97. The Morgan fingerprint density at radius 1 is 1.00 bits per heavy atom. The van der Waals surface area contributed by atoms with E-state index in [1.807, 2.05) is 0 Å². The number of phenols is 1. The average Bonchev–Trinajstić information content (AvgIpc) is 2.62. The van der Waals surface area contributed by atoms with Crippen molar-refractivity contribution in [1.29, 1.82) is 0 Å². The summed E-state index contributed by atoms with van der Waals surface area (Å²) >= 11 is 0. The van der Waals surface area contributed by atoms with Gasteiger partial charge in [0.25, 0.3) is 0 Å². The lowest BCUT2D eigenvalue weighted by molar-refractivity contribution is 0.0549. The molecule has 128 valence electrons. The number of carbonyl (C=O) groups excluding carboxylic acids is 2. The smallest absolute Gasteiger partial charge is 0.342 e. The third kappa shape index (κ3) is 2.80. The van der Waals surface area contributed by atoms with Gasteiger partial charge in [-0.15, -0.1) is 0 Å². The molecular weight excluding hydrogens is 316 g/mol. The van der Waals surface area contributed by atoms with E-state index in [0.29, 0.717) is 16.5 Å². The maximum Gasteiger partial charge on any atom is 0.342 e. The standard InChI is InChI=1S/C17H18O7/c1-5-24-15-10-7-6-9(21-2)8-11(10)14(18)12(16(19)22-3)13(15)17(20)23-4/h6-8,18H,5H2,1-4H3. The summed E-state index contributed by atoms with van der Waals surface area (Å²) in [6.07, 6.45) is 0. The number of hydrogen-bond donors (Lipinski definition) is 1. The van der Waals surface area contributed by atoms with Gasteiger partial charge in [-0.3, -0.25) is 0 Å². The van der Waals surface area contributed by atoms with Crippen molar-refractivity contribution in [3.05, 3.63) is 29.3 Å². The fourth-order valence-electron chi connectivity index (χ4n) is 2.44. The van der Waals surface area contributed by atoms with Crippen molar-refractivity contribution >= 4 is 22.7 Å². The first-order chi connectivity index (χ1) is 11.5. The van der Waals surface area contributed by atoms with E-state index in [2.05, 4.69) is 0 Å². The Hall–Kier alpha value is -2.96. The summed E-state index contributed by atoms with van der Waals surface area (Å²) in [5.74, 6) is -1.48. The van der Waals surface area contributed by atoms with Crippen molar-refractivity contribution in [2.75, 3.05) is 27.9 Å². The molecule has 0 saturated heterocycles. The number of fused-ring (bicyclic) bond motifs is 1. The van der Waals surface area contributed by atoms with Gasteiger partial charge < -0.3 is 24.1 Å². The summed E-state index contributed by atoms with van der Waals surface area (Å²) in [7, 11) is 3.80. The number of benzene rings is 2. The summed E-state index contributed by atoms with van der Waals surface area (Å²) < 4.78 is 20.2. The molecule has 2 rings (SSSR count). The van der Waals surface area contributed by atoms with Gasteiger partial charge in [0.15, 0.2) is 0 Å². The molecule has 0 aliphatic carbocycles. The second kappa shape index (κ2) is 7.08. The van der Waals surface area contributed by atoms with Crippen molar-refractivity contribution in [2.45, 2.75) is 6.92 Å². The number of esters is 2. The monoisotopic (exact) mass is 334 g/mol. The molecule has 0 amide bonds. The van der Waals surface area contributed by atoms with Crippen LogP contribution in [0.2, 0.25) is 0 Å². The molecule has 0 radical (unpaired) electrons. The minimum Gasteiger partial charge on any atom is -0.506 e. The number of carbonyl (C=O) groups is 2. The average molecular weight is 334 g/mol. The quantitative estimate of drug-likeness (QED) is 0.840.